The van der Waals surface area contributed by atoms with Gasteiger partial charge in [0.05, 0.1) is 11.5 Å². The molecule has 1 aliphatic carbocycles. The van der Waals surface area contributed by atoms with Gasteiger partial charge >= 0.3 is 12.2 Å². The molecular weight excluding hydrogens is 311 g/mol. The number of hydrogen-bond acceptors (Lipinski definition) is 2. The summed E-state index contributed by atoms with van der Waals surface area (Å²) in [5, 5.41) is 5.13. The molecule has 4 N–H and O–H groups in total. The van der Waals surface area contributed by atoms with Crippen molar-refractivity contribution in [2.24, 2.45) is 11.7 Å². The van der Waals surface area contributed by atoms with Crippen molar-refractivity contribution in [3.63, 3.8) is 0 Å². The van der Waals surface area contributed by atoms with Crippen molar-refractivity contribution in [2.75, 3.05) is 5.32 Å². The van der Waals surface area contributed by atoms with Gasteiger partial charge in [-0.05, 0) is 37.1 Å². The molecule has 2 rings (SSSR count). The third kappa shape index (κ3) is 4.61. The molecule has 1 saturated carbocycles. The maximum Gasteiger partial charge on any atom is 0.416 e. The van der Waals surface area contributed by atoms with Gasteiger partial charge in [-0.15, -0.1) is 0 Å². The first kappa shape index (κ1) is 17.1. The highest BCUT2D eigenvalue weighted by atomic mass is 19.4. The van der Waals surface area contributed by atoms with Gasteiger partial charge in [0.2, 0.25) is 5.91 Å². The van der Waals surface area contributed by atoms with Gasteiger partial charge in [0, 0.05) is 11.7 Å². The zero-order valence-corrected chi connectivity index (χ0v) is 12.3. The maximum absolute atomic E-state index is 12.5. The molecule has 1 aromatic carbocycles. The lowest BCUT2D eigenvalue weighted by Crippen LogP contribution is -2.48. The van der Waals surface area contributed by atoms with Gasteiger partial charge in [-0.25, -0.2) is 4.79 Å². The van der Waals surface area contributed by atoms with Crippen LogP contribution in [0.4, 0.5) is 23.7 Å². The Morgan fingerprint density at radius 1 is 1.09 bits per heavy atom. The molecule has 0 bridgehead atoms. The Morgan fingerprint density at radius 2 is 1.70 bits per heavy atom. The predicted octanol–water partition coefficient (Wildman–Crippen LogP) is 2.87. The Hall–Kier alpha value is -2.25. The lowest BCUT2D eigenvalue weighted by Gasteiger charge is -2.29. The number of nitrogens with two attached hydrogens (primary N) is 1. The lowest BCUT2D eigenvalue weighted by molar-refractivity contribution is -0.137. The number of urea groups is 1. The summed E-state index contributed by atoms with van der Waals surface area (Å²) in [6.07, 6.45) is -1.38. The number of amides is 3. The third-order valence-electron chi connectivity index (χ3n) is 3.92. The van der Waals surface area contributed by atoms with Crippen LogP contribution >= 0.6 is 0 Å². The van der Waals surface area contributed by atoms with Crippen LogP contribution in [0.1, 0.15) is 31.2 Å². The molecule has 0 radical (unpaired) electrons. The summed E-state index contributed by atoms with van der Waals surface area (Å²) >= 11 is 0. The predicted molar refractivity (Wildman–Crippen MR) is 78.5 cm³/mol. The summed E-state index contributed by atoms with van der Waals surface area (Å²) in [5.74, 6) is -0.869. The van der Waals surface area contributed by atoms with Crippen molar-refractivity contribution in [3.8, 4) is 0 Å². The maximum atomic E-state index is 12.5. The molecule has 1 fully saturated rings. The lowest BCUT2D eigenvalue weighted by atomic mass is 9.84. The Labute approximate surface area is 131 Å². The number of carbonyl (C=O) groups excluding carboxylic acids is 2. The molecule has 0 aliphatic heterocycles. The van der Waals surface area contributed by atoms with Gasteiger partial charge in [0.1, 0.15) is 0 Å². The van der Waals surface area contributed by atoms with Crippen LogP contribution in [-0.4, -0.2) is 18.0 Å². The molecule has 0 heterocycles. The fourth-order valence-corrected chi connectivity index (χ4v) is 2.72. The SMILES string of the molecule is NC(=O)C1CCCCC1NC(=O)Nc1ccc(C(F)(F)F)cc1. The molecule has 1 aliphatic rings. The van der Waals surface area contributed by atoms with Crippen molar-refractivity contribution in [1.29, 1.82) is 0 Å². The smallest absolute Gasteiger partial charge is 0.369 e. The van der Waals surface area contributed by atoms with E-state index in [1.54, 1.807) is 0 Å². The van der Waals surface area contributed by atoms with E-state index in [0.717, 1.165) is 25.0 Å². The van der Waals surface area contributed by atoms with E-state index < -0.39 is 29.6 Å². The summed E-state index contributed by atoms with van der Waals surface area (Å²) in [7, 11) is 0. The van der Waals surface area contributed by atoms with Crippen molar-refractivity contribution < 1.29 is 22.8 Å². The topological polar surface area (TPSA) is 84.2 Å². The van der Waals surface area contributed by atoms with Gasteiger partial charge in [0.15, 0.2) is 0 Å². The highest BCUT2D eigenvalue weighted by molar-refractivity contribution is 5.90. The number of alkyl halides is 3. The second kappa shape index (κ2) is 6.89. The Kier molecular flexibility index (Phi) is 5.12. The van der Waals surface area contributed by atoms with Gasteiger partial charge in [-0.3, -0.25) is 4.79 Å². The number of rotatable bonds is 3. The Balaban J connectivity index is 1.95. The molecule has 1 aromatic rings. The largest absolute Gasteiger partial charge is 0.416 e. The van der Waals surface area contributed by atoms with Crippen LogP contribution < -0.4 is 16.4 Å². The molecule has 2 atom stereocenters. The second-order valence-corrected chi connectivity index (χ2v) is 5.57. The van der Waals surface area contributed by atoms with Crippen LogP contribution in [0.15, 0.2) is 24.3 Å². The molecule has 3 amide bonds. The zero-order valence-electron chi connectivity index (χ0n) is 12.3. The number of primary amides is 1. The van der Waals surface area contributed by atoms with Crippen molar-refractivity contribution in [2.45, 2.75) is 37.9 Å². The van der Waals surface area contributed by atoms with Crippen molar-refractivity contribution in [3.05, 3.63) is 29.8 Å². The zero-order chi connectivity index (χ0) is 17.0. The van der Waals surface area contributed by atoms with Gasteiger partial charge in [-0.2, -0.15) is 13.2 Å². The fourth-order valence-electron chi connectivity index (χ4n) is 2.72. The third-order valence-corrected chi connectivity index (χ3v) is 3.92. The minimum absolute atomic E-state index is 0.238. The molecule has 126 valence electrons. The molecule has 2 unspecified atom stereocenters. The molecule has 5 nitrogen and oxygen atoms in total. The van der Waals surface area contributed by atoms with E-state index >= 15 is 0 Å². The minimum atomic E-state index is -4.42. The minimum Gasteiger partial charge on any atom is -0.369 e. The summed E-state index contributed by atoms with van der Waals surface area (Å²) in [6, 6.07) is 3.22. The van der Waals surface area contributed by atoms with Crippen molar-refractivity contribution in [1.82, 2.24) is 5.32 Å². The van der Waals surface area contributed by atoms with Crippen LogP contribution in [0.5, 0.6) is 0 Å². The number of anilines is 1. The highest BCUT2D eigenvalue weighted by Crippen LogP contribution is 2.30. The molecule has 8 heteroatoms. The Morgan fingerprint density at radius 3 is 2.26 bits per heavy atom. The number of hydrogen-bond donors (Lipinski definition) is 3. The van der Waals surface area contributed by atoms with E-state index in [4.69, 9.17) is 5.73 Å². The highest BCUT2D eigenvalue weighted by Gasteiger charge is 2.31. The molecule has 0 spiro atoms. The van der Waals surface area contributed by atoms with Crippen LogP contribution in [0, 0.1) is 5.92 Å². The van der Waals surface area contributed by atoms with E-state index in [0.29, 0.717) is 12.8 Å². The number of nitrogens with one attached hydrogen (secondary N) is 2. The van der Waals surface area contributed by atoms with Crippen LogP contribution in [0.25, 0.3) is 0 Å². The quantitative estimate of drug-likeness (QED) is 0.796. The van der Waals surface area contributed by atoms with E-state index in [1.165, 1.54) is 12.1 Å². The van der Waals surface area contributed by atoms with E-state index in [2.05, 4.69) is 10.6 Å². The molecule has 23 heavy (non-hydrogen) atoms. The van der Waals surface area contributed by atoms with E-state index in [9.17, 15) is 22.8 Å². The normalized spacial score (nSPS) is 21.5. The van der Waals surface area contributed by atoms with Crippen LogP contribution in [-0.2, 0) is 11.0 Å². The van der Waals surface area contributed by atoms with Crippen molar-refractivity contribution >= 4 is 17.6 Å². The summed E-state index contributed by atoms with van der Waals surface area (Å²) < 4.78 is 37.4. The molecular formula is C15H18F3N3O2. The first-order valence-corrected chi connectivity index (χ1v) is 7.31. The standard InChI is InChI=1S/C15H18F3N3O2/c16-15(17,18)9-5-7-10(8-6-9)20-14(23)21-12-4-2-1-3-11(12)13(19)22/h5-8,11-12H,1-4H2,(H2,19,22)(H2,20,21,23). The van der Waals surface area contributed by atoms with Gasteiger partial charge in [0.25, 0.3) is 0 Å². The summed E-state index contributed by atoms with van der Waals surface area (Å²) in [6.45, 7) is 0. The molecule has 0 aromatic heterocycles. The number of halogens is 3. The number of benzene rings is 1. The second-order valence-electron chi connectivity index (χ2n) is 5.57. The van der Waals surface area contributed by atoms with Gasteiger partial charge < -0.3 is 16.4 Å². The Bertz CT molecular complexity index is 572. The number of carbonyl (C=O) groups is 2. The summed E-state index contributed by atoms with van der Waals surface area (Å²) in [5.41, 5.74) is 4.78. The van der Waals surface area contributed by atoms with Gasteiger partial charge in [-0.1, -0.05) is 12.8 Å². The van der Waals surface area contributed by atoms with Crippen LogP contribution in [0.3, 0.4) is 0 Å². The first-order chi connectivity index (χ1) is 10.8. The van der Waals surface area contributed by atoms with E-state index in [-0.39, 0.29) is 11.7 Å². The molecule has 0 saturated heterocycles. The van der Waals surface area contributed by atoms with Crippen LogP contribution in [0.2, 0.25) is 0 Å². The first-order valence-electron chi connectivity index (χ1n) is 7.31. The average molecular weight is 329 g/mol. The fraction of sp³-hybridized carbons (Fsp3) is 0.467. The summed E-state index contributed by atoms with van der Waals surface area (Å²) in [4.78, 5) is 23.3. The van der Waals surface area contributed by atoms with E-state index in [1.807, 2.05) is 0 Å². The monoisotopic (exact) mass is 329 g/mol. The average Bonchev–Trinajstić information content (AvgIpc) is 2.47.